The van der Waals surface area contributed by atoms with Gasteiger partial charge in [0.2, 0.25) is 0 Å². The number of rotatable bonds is 5. The monoisotopic (exact) mass is 398 g/mol. The molecule has 0 spiro atoms. The lowest BCUT2D eigenvalue weighted by Crippen LogP contribution is -2.17. The van der Waals surface area contributed by atoms with Gasteiger partial charge < -0.3 is 0 Å². The summed E-state index contributed by atoms with van der Waals surface area (Å²) in [5, 5.41) is 5.14. The predicted octanol–water partition coefficient (Wildman–Crippen LogP) is 8.78. The summed E-state index contributed by atoms with van der Waals surface area (Å²) in [5.41, 5.74) is 6.28. The second kappa shape index (κ2) is 7.56. The highest BCUT2D eigenvalue weighted by Crippen LogP contribution is 2.47. The molecule has 0 saturated carbocycles. The van der Waals surface area contributed by atoms with Crippen molar-refractivity contribution in [3.63, 3.8) is 0 Å². The van der Waals surface area contributed by atoms with Crippen molar-refractivity contribution >= 4 is 21.5 Å². The highest BCUT2D eigenvalue weighted by molar-refractivity contribution is 6.18. The largest absolute Gasteiger partial charge is 0.103 e. The topological polar surface area (TPSA) is 0 Å². The normalized spacial score (nSPS) is 13.3. The summed E-state index contributed by atoms with van der Waals surface area (Å²) in [7, 11) is 0. The van der Waals surface area contributed by atoms with E-state index in [1.54, 1.807) is 0 Å². The van der Waals surface area contributed by atoms with Gasteiger partial charge in [-0.15, -0.1) is 13.2 Å². The summed E-state index contributed by atoms with van der Waals surface area (Å²) < 4.78 is 0. The van der Waals surface area contributed by atoms with Gasteiger partial charge in [0.1, 0.15) is 0 Å². The van der Waals surface area contributed by atoms with Crippen molar-refractivity contribution < 1.29 is 0 Å². The van der Waals surface area contributed by atoms with Gasteiger partial charge in [0.05, 0.1) is 0 Å². The van der Waals surface area contributed by atoms with Crippen LogP contribution in [0.4, 0.5) is 0 Å². The molecule has 2 aliphatic carbocycles. The van der Waals surface area contributed by atoms with Crippen molar-refractivity contribution in [2.24, 2.45) is 0 Å². The lowest BCUT2D eigenvalue weighted by Gasteiger charge is -2.26. The van der Waals surface area contributed by atoms with Gasteiger partial charge in [-0.05, 0) is 61.8 Å². The Balaban J connectivity index is 1.93. The van der Waals surface area contributed by atoms with Crippen LogP contribution in [0, 0.1) is 0 Å². The third kappa shape index (κ3) is 3.07. The van der Waals surface area contributed by atoms with E-state index in [9.17, 15) is 0 Å². The summed E-state index contributed by atoms with van der Waals surface area (Å²) in [6, 6.07) is 33.0. The lowest BCUT2D eigenvalue weighted by atomic mass is 9.77. The SMILES string of the molecule is C=CC[C@](C)(C=C)c1cc(-c2c3cccccc-3c3ccccc23)c2ccccc2c1. The molecule has 3 aromatic rings. The Morgan fingerprint density at radius 1 is 0.677 bits per heavy atom. The molecule has 0 heteroatoms. The molecule has 0 N–H and O–H groups in total. The third-order valence-electron chi connectivity index (χ3n) is 6.60. The standard InChI is InChI=1S/C31H26/c1-4-19-31(3,5-2)23-20-22-13-9-10-14-24(22)29(21-23)30-27-17-8-6-7-15-25(27)26-16-11-12-18-28(26)30/h4-18,20-21H,1-2,19H2,3H3/t31-/m0/s1. The number of hydrogen-bond donors (Lipinski definition) is 0. The minimum Gasteiger partial charge on any atom is -0.103 e. The maximum atomic E-state index is 4.16. The molecule has 1 atom stereocenters. The molecule has 0 amide bonds. The van der Waals surface area contributed by atoms with Gasteiger partial charge in [0.25, 0.3) is 0 Å². The summed E-state index contributed by atoms with van der Waals surface area (Å²) >= 11 is 0. The average Bonchev–Trinajstić information content (AvgIpc) is 2.94. The van der Waals surface area contributed by atoms with Crippen molar-refractivity contribution in [1.82, 2.24) is 0 Å². The molecule has 0 unspecified atom stereocenters. The molecule has 0 nitrogen and oxygen atoms in total. The van der Waals surface area contributed by atoms with Crippen molar-refractivity contribution in [2.45, 2.75) is 18.8 Å². The first-order valence-electron chi connectivity index (χ1n) is 10.8. The molecule has 150 valence electrons. The number of allylic oxidation sites excluding steroid dienone is 2. The van der Waals surface area contributed by atoms with E-state index in [0.29, 0.717) is 0 Å². The van der Waals surface area contributed by atoms with E-state index in [0.717, 1.165) is 6.42 Å². The zero-order chi connectivity index (χ0) is 21.4. The van der Waals surface area contributed by atoms with Gasteiger partial charge >= 0.3 is 0 Å². The van der Waals surface area contributed by atoms with Gasteiger partial charge in [-0.1, -0.05) is 104 Å². The highest BCUT2D eigenvalue weighted by atomic mass is 14.3. The minimum atomic E-state index is -0.163. The number of hydrogen-bond acceptors (Lipinski definition) is 0. The molecular formula is C31H26. The van der Waals surface area contributed by atoms with Gasteiger partial charge in [-0.3, -0.25) is 0 Å². The number of fused-ring (bicyclic) bond motifs is 4. The molecule has 5 rings (SSSR count). The highest BCUT2D eigenvalue weighted by Gasteiger charge is 2.25. The van der Waals surface area contributed by atoms with Gasteiger partial charge in [0.15, 0.2) is 0 Å². The maximum absolute atomic E-state index is 4.16. The molecule has 3 aromatic carbocycles. The second-order valence-corrected chi connectivity index (χ2v) is 8.52. The Labute approximate surface area is 184 Å². The van der Waals surface area contributed by atoms with Crippen LogP contribution >= 0.6 is 0 Å². The van der Waals surface area contributed by atoms with E-state index in [1.165, 1.54) is 49.4 Å². The van der Waals surface area contributed by atoms with E-state index in [-0.39, 0.29) is 5.41 Å². The van der Waals surface area contributed by atoms with Crippen LogP contribution in [0.15, 0.2) is 116 Å². The molecule has 0 bridgehead atoms. The van der Waals surface area contributed by atoms with E-state index < -0.39 is 0 Å². The summed E-state index contributed by atoms with van der Waals surface area (Å²) in [6.07, 6.45) is 4.90. The van der Waals surface area contributed by atoms with Gasteiger partial charge in [0, 0.05) is 5.41 Å². The fourth-order valence-electron chi connectivity index (χ4n) is 4.84. The molecule has 0 saturated heterocycles. The fourth-order valence-corrected chi connectivity index (χ4v) is 4.84. The second-order valence-electron chi connectivity index (χ2n) is 8.52. The van der Waals surface area contributed by atoms with Crippen LogP contribution in [-0.2, 0) is 5.41 Å². The van der Waals surface area contributed by atoms with Crippen LogP contribution in [0.3, 0.4) is 0 Å². The Morgan fingerprint density at radius 2 is 1.32 bits per heavy atom. The third-order valence-corrected chi connectivity index (χ3v) is 6.60. The van der Waals surface area contributed by atoms with E-state index in [1.807, 2.05) is 6.08 Å². The number of benzene rings is 3. The van der Waals surface area contributed by atoms with E-state index in [2.05, 4.69) is 117 Å². The van der Waals surface area contributed by atoms with Crippen molar-refractivity contribution in [2.75, 3.05) is 0 Å². The Bertz CT molecular complexity index is 1400. The van der Waals surface area contributed by atoms with Crippen LogP contribution in [0.25, 0.3) is 43.8 Å². The molecule has 0 aromatic heterocycles. The molecule has 0 aliphatic heterocycles. The average molecular weight is 399 g/mol. The lowest BCUT2D eigenvalue weighted by molar-refractivity contribution is 0.608. The fraction of sp³-hybridized carbons (Fsp3) is 0.0968. The first kappa shape index (κ1) is 19.3. The van der Waals surface area contributed by atoms with Gasteiger partial charge in [-0.25, -0.2) is 0 Å². The molecule has 0 radical (unpaired) electrons. The first-order valence-corrected chi connectivity index (χ1v) is 10.8. The van der Waals surface area contributed by atoms with Crippen LogP contribution < -0.4 is 0 Å². The minimum absolute atomic E-state index is 0.163. The molecule has 2 aliphatic rings. The Morgan fingerprint density at radius 3 is 2.06 bits per heavy atom. The van der Waals surface area contributed by atoms with Crippen LogP contribution in [-0.4, -0.2) is 0 Å². The summed E-state index contributed by atoms with van der Waals surface area (Å²) in [5.74, 6) is 0. The molecule has 0 heterocycles. The van der Waals surface area contributed by atoms with Crippen molar-refractivity contribution in [3.05, 3.63) is 122 Å². The smallest absolute Gasteiger partial charge is 0.0136 e. The van der Waals surface area contributed by atoms with E-state index in [4.69, 9.17) is 0 Å². The summed E-state index contributed by atoms with van der Waals surface area (Å²) in [4.78, 5) is 0. The van der Waals surface area contributed by atoms with Crippen LogP contribution in [0.5, 0.6) is 0 Å². The molecule has 31 heavy (non-hydrogen) atoms. The Kier molecular flexibility index (Phi) is 4.71. The first-order chi connectivity index (χ1) is 15.2. The quantitative estimate of drug-likeness (QED) is 0.259. The van der Waals surface area contributed by atoms with Gasteiger partial charge in [-0.2, -0.15) is 0 Å². The van der Waals surface area contributed by atoms with Crippen molar-refractivity contribution in [3.8, 4) is 22.3 Å². The van der Waals surface area contributed by atoms with Crippen LogP contribution in [0.1, 0.15) is 18.9 Å². The molecular weight excluding hydrogens is 372 g/mol. The maximum Gasteiger partial charge on any atom is 0.0136 e. The summed E-state index contributed by atoms with van der Waals surface area (Å²) in [6.45, 7) is 10.4. The molecule has 0 fully saturated rings. The predicted molar refractivity (Wildman–Crippen MR) is 136 cm³/mol. The van der Waals surface area contributed by atoms with Crippen molar-refractivity contribution in [1.29, 1.82) is 0 Å². The Hall–Kier alpha value is -3.64. The van der Waals surface area contributed by atoms with E-state index >= 15 is 0 Å². The zero-order valence-electron chi connectivity index (χ0n) is 17.9. The zero-order valence-corrected chi connectivity index (χ0v) is 17.9. The van der Waals surface area contributed by atoms with Crippen LogP contribution in [0.2, 0.25) is 0 Å².